The van der Waals surface area contributed by atoms with E-state index in [9.17, 15) is 4.79 Å². The smallest absolute Gasteiger partial charge is 0.263 e. The van der Waals surface area contributed by atoms with Gasteiger partial charge in [-0.1, -0.05) is 17.7 Å². The molecular weight excluding hydrogens is 311 g/mol. The molecule has 1 aliphatic heterocycles. The number of nitrogens with zero attached hydrogens (tertiary/aromatic N) is 1. The van der Waals surface area contributed by atoms with Crippen LogP contribution in [0.5, 0.6) is 5.75 Å². The third kappa shape index (κ3) is 5.06. The Bertz CT molecular complexity index is 463. The van der Waals surface area contributed by atoms with Crippen LogP contribution >= 0.6 is 24.0 Å². The van der Waals surface area contributed by atoms with E-state index in [4.69, 9.17) is 16.3 Å². The van der Waals surface area contributed by atoms with E-state index in [1.54, 1.807) is 19.1 Å². The average Bonchev–Trinajstić information content (AvgIpc) is 2.46. The molecule has 0 bridgehead atoms. The number of likely N-dealkylation sites (tertiary alicyclic amines) is 1. The Morgan fingerprint density at radius 2 is 2.10 bits per heavy atom. The van der Waals surface area contributed by atoms with E-state index in [1.165, 1.54) is 0 Å². The van der Waals surface area contributed by atoms with Crippen LogP contribution in [0.4, 0.5) is 0 Å². The van der Waals surface area contributed by atoms with E-state index in [2.05, 4.69) is 5.32 Å². The van der Waals surface area contributed by atoms with Gasteiger partial charge in [0.1, 0.15) is 5.75 Å². The monoisotopic (exact) mass is 332 g/mol. The molecule has 1 heterocycles. The fraction of sp³-hybridized carbons (Fsp3) is 0.533. The van der Waals surface area contributed by atoms with Gasteiger partial charge in [-0.25, -0.2) is 0 Å². The van der Waals surface area contributed by atoms with Crippen molar-refractivity contribution in [2.75, 3.05) is 20.1 Å². The summed E-state index contributed by atoms with van der Waals surface area (Å²) in [5.41, 5.74) is 0. The molecular formula is C15H22Cl2N2O2. The quantitative estimate of drug-likeness (QED) is 0.921. The highest BCUT2D eigenvalue weighted by Crippen LogP contribution is 2.19. The first-order valence-corrected chi connectivity index (χ1v) is 7.36. The van der Waals surface area contributed by atoms with Crippen LogP contribution in [0.3, 0.4) is 0 Å². The van der Waals surface area contributed by atoms with Gasteiger partial charge >= 0.3 is 0 Å². The van der Waals surface area contributed by atoms with Crippen molar-refractivity contribution in [3.63, 3.8) is 0 Å². The van der Waals surface area contributed by atoms with Crippen LogP contribution in [0.15, 0.2) is 24.3 Å². The summed E-state index contributed by atoms with van der Waals surface area (Å²) < 4.78 is 5.67. The summed E-state index contributed by atoms with van der Waals surface area (Å²) >= 11 is 5.91. The van der Waals surface area contributed by atoms with Gasteiger partial charge in [-0.05, 0) is 45.0 Å². The molecule has 1 amide bonds. The van der Waals surface area contributed by atoms with Gasteiger partial charge < -0.3 is 15.0 Å². The van der Waals surface area contributed by atoms with Gasteiger partial charge in [0.25, 0.3) is 5.91 Å². The van der Waals surface area contributed by atoms with Gasteiger partial charge in [0.2, 0.25) is 0 Å². The molecule has 4 nitrogen and oxygen atoms in total. The van der Waals surface area contributed by atoms with Gasteiger partial charge in [0.05, 0.1) is 0 Å². The van der Waals surface area contributed by atoms with Crippen molar-refractivity contribution in [2.24, 2.45) is 0 Å². The van der Waals surface area contributed by atoms with Crippen LogP contribution in [0, 0.1) is 0 Å². The molecule has 0 saturated carbocycles. The molecule has 1 aromatic rings. The molecule has 6 heteroatoms. The van der Waals surface area contributed by atoms with Crippen LogP contribution in [0.2, 0.25) is 5.02 Å². The number of benzene rings is 1. The molecule has 1 aromatic carbocycles. The highest BCUT2D eigenvalue weighted by molar-refractivity contribution is 6.30. The third-order valence-corrected chi connectivity index (χ3v) is 3.91. The second-order valence-electron chi connectivity index (χ2n) is 5.11. The Labute approximate surface area is 137 Å². The fourth-order valence-corrected chi connectivity index (χ4v) is 2.62. The van der Waals surface area contributed by atoms with Gasteiger partial charge in [-0.3, -0.25) is 4.79 Å². The number of carbonyl (C=O) groups excluding carboxylic acids is 1. The molecule has 1 fully saturated rings. The molecule has 0 spiro atoms. The number of hydrogen-bond acceptors (Lipinski definition) is 3. The first kappa shape index (κ1) is 18.1. The number of rotatable bonds is 4. The summed E-state index contributed by atoms with van der Waals surface area (Å²) in [5, 5.41) is 3.86. The number of amides is 1. The maximum Gasteiger partial charge on any atom is 0.263 e. The molecule has 1 atom stereocenters. The van der Waals surface area contributed by atoms with Crippen molar-refractivity contribution >= 4 is 29.9 Å². The molecule has 0 aromatic heterocycles. The third-order valence-electron chi connectivity index (χ3n) is 3.67. The van der Waals surface area contributed by atoms with E-state index in [1.807, 2.05) is 24.1 Å². The lowest BCUT2D eigenvalue weighted by atomic mass is 10.0. The zero-order valence-electron chi connectivity index (χ0n) is 12.3. The van der Waals surface area contributed by atoms with Crippen molar-refractivity contribution in [2.45, 2.75) is 31.9 Å². The highest BCUT2D eigenvalue weighted by Gasteiger charge is 2.26. The van der Waals surface area contributed by atoms with E-state index < -0.39 is 6.10 Å². The predicted octanol–water partition coefficient (Wildman–Crippen LogP) is 2.74. The lowest BCUT2D eigenvalue weighted by molar-refractivity contribution is -0.139. The van der Waals surface area contributed by atoms with Crippen molar-refractivity contribution in [1.82, 2.24) is 10.2 Å². The van der Waals surface area contributed by atoms with Crippen molar-refractivity contribution in [3.8, 4) is 5.75 Å². The molecule has 118 valence electrons. The Hall–Kier alpha value is -0.970. The van der Waals surface area contributed by atoms with Crippen LogP contribution in [-0.2, 0) is 4.79 Å². The fourth-order valence-electron chi connectivity index (χ4n) is 2.44. The normalized spacial score (nSPS) is 17.0. The summed E-state index contributed by atoms with van der Waals surface area (Å²) in [6, 6.07) is 7.64. The zero-order chi connectivity index (χ0) is 14.5. The van der Waals surface area contributed by atoms with E-state index in [0.717, 1.165) is 25.9 Å². The van der Waals surface area contributed by atoms with E-state index in [0.29, 0.717) is 16.8 Å². The molecule has 1 unspecified atom stereocenters. The predicted molar refractivity (Wildman–Crippen MR) is 87.5 cm³/mol. The lowest BCUT2D eigenvalue weighted by Gasteiger charge is -2.33. The lowest BCUT2D eigenvalue weighted by Crippen LogP contribution is -2.48. The average molecular weight is 333 g/mol. The molecule has 1 N–H and O–H groups in total. The molecule has 1 saturated heterocycles. The molecule has 1 aliphatic rings. The molecule has 2 rings (SSSR count). The Morgan fingerprint density at radius 3 is 2.67 bits per heavy atom. The van der Waals surface area contributed by atoms with Crippen molar-refractivity contribution in [3.05, 3.63) is 29.3 Å². The van der Waals surface area contributed by atoms with Crippen molar-refractivity contribution < 1.29 is 9.53 Å². The number of ether oxygens (including phenoxy) is 1. The number of piperidine rings is 1. The number of nitrogens with one attached hydrogen (secondary N) is 1. The Kier molecular flexibility index (Phi) is 7.29. The van der Waals surface area contributed by atoms with Crippen molar-refractivity contribution in [1.29, 1.82) is 0 Å². The Morgan fingerprint density at radius 1 is 1.43 bits per heavy atom. The van der Waals surface area contributed by atoms with Crippen LogP contribution in [0.25, 0.3) is 0 Å². The van der Waals surface area contributed by atoms with Crippen LogP contribution < -0.4 is 10.1 Å². The topological polar surface area (TPSA) is 41.6 Å². The zero-order valence-corrected chi connectivity index (χ0v) is 13.9. The second kappa shape index (κ2) is 8.47. The minimum absolute atomic E-state index is 0. The first-order valence-electron chi connectivity index (χ1n) is 6.98. The molecule has 0 radical (unpaired) electrons. The van der Waals surface area contributed by atoms with Gasteiger partial charge in [-0.2, -0.15) is 0 Å². The highest BCUT2D eigenvalue weighted by atomic mass is 35.5. The van der Waals surface area contributed by atoms with Crippen LogP contribution in [0.1, 0.15) is 19.8 Å². The maximum atomic E-state index is 12.3. The minimum atomic E-state index is -0.486. The summed E-state index contributed by atoms with van der Waals surface area (Å²) in [6.45, 7) is 3.36. The van der Waals surface area contributed by atoms with E-state index in [-0.39, 0.29) is 18.3 Å². The van der Waals surface area contributed by atoms with E-state index >= 15 is 0 Å². The Balaban J connectivity index is 0.00000220. The second-order valence-corrected chi connectivity index (χ2v) is 5.54. The number of hydrogen-bond donors (Lipinski definition) is 1. The van der Waals surface area contributed by atoms with Gasteiger partial charge in [0, 0.05) is 24.2 Å². The minimum Gasteiger partial charge on any atom is -0.481 e. The maximum absolute atomic E-state index is 12.3. The largest absolute Gasteiger partial charge is 0.481 e. The van der Waals surface area contributed by atoms with Gasteiger partial charge in [-0.15, -0.1) is 12.4 Å². The summed E-state index contributed by atoms with van der Waals surface area (Å²) in [5.74, 6) is 0.669. The first-order chi connectivity index (χ1) is 9.60. The van der Waals surface area contributed by atoms with Crippen LogP contribution in [-0.4, -0.2) is 43.1 Å². The molecule has 0 aliphatic carbocycles. The number of carbonyl (C=O) groups is 1. The van der Waals surface area contributed by atoms with Gasteiger partial charge in [0.15, 0.2) is 6.10 Å². The standard InChI is InChI=1S/C15H21ClN2O2.ClH/c1-11(20-14-5-3-4-12(16)10-14)15(19)18-8-6-13(17-2)7-9-18;/h3-5,10-11,13,17H,6-9H2,1-2H3;1H. The molecule has 21 heavy (non-hydrogen) atoms. The summed E-state index contributed by atoms with van der Waals surface area (Å²) in [6.07, 6.45) is 1.50. The number of halogens is 2. The SMILES string of the molecule is CNC1CCN(C(=O)C(C)Oc2cccc(Cl)c2)CC1.Cl. The summed E-state index contributed by atoms with van der Waals surface area (Å²) in [7, 11) is 1.97. The summed E-state index contributed by atoms with van der Waals surface area (Å²) in [4.78, 5) is 14.2.